The first-order valence-electron chi connectivity index (χ1n) is 7.14. The van der Waals surface area contributed by atoms with E-state index in [4.69, 9.17) is 0 Å². The highest BCUT2D eigenvalue weighted by atomic mass is 19.4. The molecule has 0 amide bonds. The lowest BCUT2D eigenvalue weighted by Gasteiger charge is -2.49. The predicted molar refractivity (Wildman–Crippen MR) is 61.8 cm³/mol. The molecule has 0 N–H and O–H groups in total. The van der Waals surface area contributed by atoms with E-state index in [9.17, 15) is 83.4 Å². The molecule has 0 radical (unpaired) electrons. The third-order valence-electron chi connectivity index (χ3n) is 4.09. The van der Waals surface area contributed by atoms with E-state index < -0.39 is 66.6 Å². The molecule has 1 atom stereocenters. The van der Waals surface area contributed by atoms with Crippen LogP contribution in [0.15, 0.2) is 0 Å². The Labute approximate surface area is 163 Å². The Morgan fingerprint density at radius 2 is 0.781 bits per heavy atom. The van der Waals surface area contributed by atoms with Crippen molar-refractivity contribution in [1.29, 1.82) is 0 Å². The molecule has 0 bridgehead atoms. The molecule has 0 heterocycles. The van der Waals surface area contributed by atoms with Crippen LogP contribution in [-0.2, 0) is 4.74 Å². The number of methoxy groups -OCH3 is 1. The van der Waals surface area contributed by atoms with Crippen molar-refractivity contribution in [3.8, 4) is 0 Å². The SMILES string of the molecule is COCCC(F)(F)C(F)(C(F)(F)F)C(F)(F)C(F)(F)C(C(F)(F)F)(C(F)(F)F)C(F)(F)F. The van der Waals surface area contributed by atoms with E-state index in [1.165, 1.54) is 0 Å². The minimum Gasteiger partial charge on any atom is -0.384 e. The van der Waals surface area contributed by atoms with Crippen LogP contribution in [0.1, 0.15) is 6.42 Å². The second kappa shape index (κ2) is 7.85. The molecule has 0 aliphatic rings. The average molecular weight is 528 g/mol. The topological polar surface area (TPSA) is 9.23 Å². The van der Waals surface area contributed by atoms with E-state index in [-0.39, 0.29) is 0 Å². The van der Waals surface area contributed by atoms with Crippen LogP contribution < -0.4 is 0 Å². The molecule has 32 heavy (non-hydrogen) atoms. The van der Waals surface area contributed by atoms with E-state index in [0.29, 0.717) is 7.11 Å². The van der Waals surface area contributed by atoms with Gasteiger partial charge >= 0.3 is 47.6 Å². The summed E-state index contributed by atoms with van der Waals surface area (Å²) >= 11 is 0. The van der Waals surface area contributed by atoms with E-state index in [2.05, 4.69) is 4.74 Å². The van der Waals surface area contributed by atoms with Crippen molar-refractivity contribution in [2.45, 2.75) is 54.6 Å². The van der Waals surface area contributed by atoms with Gasteiger partial charge in [-0.1, -0.05) is 0 Å². The number of alkyl halides is 19. The molecular weight excluding hydrogens is 521 g/mol. The maximum atomic E-state index is 14.1. The summed E-state index contributed by atoms with van der Waals surface area (Å²) in [4.78, 5) is 0. The van der Waals surface area contributed by atoms with Crippen LogP contribution in [0, 0.1) is 5.41 Å². The zero-order chi connectivity index (χ0) is 26.6. The van der Waals surface area contributed by atoms with Gasteiger partial charge in [0.05, 0.1) is 6.61 Å². The minimum atomic E-state index is -9.27. The van der Waals surface area contributed by atoms with Crippen molar-refractivity contribution in [1.82, 2.24) is 0 Å². The van der Waals surface area contributed by atoms with Crippen LogP contribution in [0.2, 0.25) is 0 Å². The molecule has 194 valence electrons. The fourth-order valence-electron chi connectivity index (χ4n) is 2.49. The number of hydrogen-bond acceptors (Lipinski definition) is 1. The third-order valence-corrected chi connectivity index (χ3v) is 4.09. The Morgan fingerprint density at radius 1 is 0.469 bits per heavy atom. The Kier molecular flexibility index (Phi) is 7.51. The molecular formula is C12H7F19O. The first-order valence-corrected chi connectivity index (χ1v) is 7.14. The lowest BCUT2D eigenvalue weighted by molar-refractivity contribution is -0.516. The predicted octanol–water partition coefficient (Wildman–Crippen LogP) is 6.87. The largest absolute Gasteiger partial charge is 0.434 e. The summed E-state index contributed by atoms with van der Waals surface area (Å²) in [7, 11) is 0.318. The van der Waals surface area contributed by atoms with Gasteiger partial charge in [-0.25, -0.2) is 13.2 Å². The summed E-state index contributed by atoms with van der Waals surface area (Å²) in [5.41, 5.74) is -17.5. The van der Waals surface area contributed by atoms with E-state index in [0.717, 1.165) is 0 Å². The minimum absolute atomic E-state index is 0.318. The van der Waals surface area contributed by atoms with Crippen LogP contribution in [-0.4, -0.2) is 61.9 Å². The van der Waals surface area contributed by atoms with Gasteiger partial charge < -0.3 is 4.74 Å². The van der Waals surface area contributed by atoms with E-state index >= 15 is 0 Å². The number of halogens is 19. The highest BCUT2D eigenvalue weighted by Gasteiger charge is 3.02. The second-order valence-electron chi connectivity index (χ2n) is 6.00. The van der Waals surface area contributed by atoms with Gasteiger partial charge in [0, 0.05) is 13.5 Å². The van der Waals surface area contributed by atoms with Gasteiger partial charge in [-0.3, -0.25) is 0 Å². The molecule has 0 aromatic rings. The lowest BCUT2D eigenvalue weighted by atomic mass is 9.70. The van der Waals surface area contributed by atoms with Gasteiger partial charge in [0.1, 0.15) is 0 Å². The summed E-state index contributed by atoms with van der Waals surface area (Å²) in [6.45, 7) is -1.93. The average Bonchev–Trinajstić information content (AvgIpc) is 2.45. The Hall–Kier alpha value is -1.37. The highest BCUT2D eigenvalue weighted by molar-refractivity contribution is 5.22. The summed E-state index contributed by atoms with van der Waals surface area (Å²) in [5.74, 6) is -25.3. The number of hydrogen-bond donors (Lipinski definition) is 0. The maximum absolute atomic E-state index is 14.1. The third kappa shape index (κ3) is 3.82. The fraction of sp³-hybridized carbons (Fsp3) is 1.00. The van der Waals surface area contributed by atoms with Gasteiger partial charge in [0.2, 0.25) is 0 Å². The summed E-state index contributed by atoms with van der Waals surface area (Å²) < 4.78 is 253. The molecule has 0 saturated carbocycles. The van der Waals surface area contributed by atoms with Gasteiger partial charge in [-0.05, 0) is 0 Å². The zero-order valence-corrected chi connectivity index (χ0v) is 14.5. The van der Waals surface area contributed by atoms with Crippen LogP contribution >= 0.6 is 0 Å². The summed E-state index contributed by atoms with van der Waals surface area (Å²) in [5, 5.41) is 0. The van der Waals surface area contributed by atoms with Crippen LogP contribution in [0.25, 0.3) is 0 Å². The molecule has 0 aromatic carbocycles. The van der Waals surface area contributed by atoms with Crippen LogP contribution in [0.5, 0.6) is 0 Å². The van der Waals surface area contributed by atoms with Crippen molar-refractivity contribution in [2.75, 3.05) is 13.7 Å². The molecule has 1 nitrogen and oxygen atoms in total. The standard InChI is InChI=1S/C12H7F19O/c1-32-3-2-4(13,14)6(15,12(29,30)31)8(18,19)7(16,17)5(9(20,21)22,10(23,24)25)11(26,27)28/h2-3H2,1H3. The van der Waals surface area contributed by atoms with Crippen LogP contribution in [0.3, 0.4) is 0 Å². The van der Waals surface area contributed by atoms with Crippen molar-refractivity contribution < 1.29 is 88.2 Å². The number of ether oxygens (including phenoxy) is 1. The normalized spacial score (nSPS) is 18.0. The van der Waals surface area contributed by atoms with Crippen molar-refractivity contribution in [3.63, 3.8) is 0 Å². The molecule has 0 aliphatic heterocycles. The Balaban J connectivity index is 7.71. The molecule has 20 heteroatoms. The van der Waals surface area contributed by atoms with E-state index in [1.54, 1.807) is 0 Å². The van der Waals surface area contributed by atoms with Gasteiger partial charge in [0.15, 0.2) is 0 Å². The molecule has 0 saturated heterocycles. The fourth-order valence-corrected chi connectivity index (χ4v) is 2.49. The summed E-state index contributed by atoms with van der Waals surface area (Å²) in [6, 6.07) is 0. The smallest absolute Gasteiger partial charge is 0.384 e. The highest BCUT2D eigenvalue weighted by Crippen LogP contribution is 2.72. The second-order valence-corrected chi connectivity index (χ2v) is 6.00. The van der Waals surface area contributed by atoms with E-state index in [1.807, 2.05) is 0 Å². The molecule has 0 fully saturated rings. The number of rotatable bonds is 7. The van der Waals surface area contributed by atoms with Gasteiger partial charge in [-0.2, -0.15) is 70.2 Å². The first kappa shape index (κ1) is 30.6. The Morgan fingerprint density at radius 3 is 1.00 bits per heavy atom. The van der Waals surface area contributed by atoms with Crippen LogP contribution in [0.4, 0.5) is 83.4 Å². The quantitative estimate of drug-likeness (QED) is 0.328. The monoisotopic (exact) mass is 528 g/mol. The van der Waals surface area contributed by atoms with Crippen molar-refractivity contribution in [3.05, 3.63) is 0 Å². The van der Waals surface area contributed by atoms with Gasteiger partial charge in [0.25, 0.3) is 5.92 Å². The lowest BCUT2D eigenvalue weighted by Crippen LogP contribution is -2.80. The first-order chi connectivity index (χ1) is 13.6. The zero-order valence-electron chi connectivity index (χ0n) is 14.5. The summed E-state index contributed by atoms with van der Waals surface area (Å²) in [6.07, 6.45) is -37.1. The van der Waals surface area contributed by atoms with Gasteiger partial charge in [-0.15, -0.1) is 0 Å². The van der Waals surface area contributed by atoms with Crippen molar-refractivity contribution >= 4 is 0 Å². The molecule has 0 rings (SSSR count). The molecule has 0 aliphatic carbocycles. The maximum Gasteiger partial charge on any atom is 0.434 e. The molecule has 0 spiro atoms. The molecule has 1 unspecified atom stereocenters. The van der Waals surface area contributed by atoms with Crippen molar-refractivity contribution in [2.24, 2.45) is 5.41 Å². The Bertz CT molecular complexity index is 613. The molecule has 0 aromatic heterocycles.